The van der Waals surface area contributed by atoms with E-state index < -0.39 is 0 Å². The maximum Gasteiger partial charge on any atom is 0.117 e. The molecule has 0 saturated heterocycles. The Bertz CT molecular complexity index is 292. The molecule has 0 radical (unpaired) electrons. The van der Waals surface area contributed by atoms with Crippen LogP contribution in [0.3, 0.4) is 0 Å². The first-order valence-corrected chi connectivity index (χ1v) is 6.80. The zero-order valence-corrected chi connectivity index (χ0v) is 11.5. The molecule has 3 heteroatoms. The highest BCUT2D eigenvalue weighted by Crippen LogP contribution is 2.07. The second-order valence-corrected chi connectivity index (χ2v) is 4.28. The fourth-order valence-corrected chi connectivity index (χ4v) is 1.89. The van der Waals surface area contributed by atoms with Gasteiger partial charge in [0.05, 0.1) is 6.54 Å². The van der Waals surface area contributed by atoms with Gasteiger partial charge in [-0.25, -0.2) is 0 Å². The lowest BCUT2D eigenvalue weighted by atomic mass is 10.3. The number of rotatable bonds is 9. The highest BCUT2D eigenvalue weighted by Gasteiger charge is 2.00. The van der Waals surface area contributed by atoms with E-state index in [1.807, 2.05) is 0 Å². The molecule has 0 saturated carbocycles. The maximum absolute atomic E-state index is 5.63. The molecule has 17 heavy (non-hydrogen) atoms. The van der Waals surface area contributed by atoms with Gasteiger partial charge in [0.1, 0.15) is 11.5 Å². The van der Waals surface area contributed by atoms with Crippen LogP contribution in [0.1, 0.15) is 38.7 Å². The van der Waals surface area contributed by atoms with Gasteiger partial charge in [-0.05, 0) is 44.7 Å². The van der Waals surface area contributed by atoms with Crippen LogP contribution in [0, 0.1) is 0 Å². The van der Waals surface area contributed by atoms with Gasteiger partial charge in [0.2, 0.25) is 0 Å². The van der Waals surface area contributed by atoms with Crippen LogP contribution in [-0.2, 0) is 13.0 Å². The average molecular weight is 238 g/mol. The molecule has 0 aromatic carbocycles. The molecule has 1 N–H and O–H groups in total. The Hall–Kier alpha value is -0.800. The van der Waals surface area contributed by atoms with Crippen LogP contribution < -0.4 is 5.32 Å². The Labute approximate surface area is 105 Å². The van der Waals surface area contributed by atoms with Crippen molar-refractivity contribution in [1.29, 1.82) is 0 Å². The Morgan fingerprint density at radius 3 is 2.41 bits per heavy atom. The Balaban J connectivity index is 2.07. The molecule has 0 aliphatic rings. The van der Waals surface area contributed by atoms with Gasteiger partial charge < -0.3 is 14.6 Å². The fraction of sp³-hybridized carbons (Fsp3) is 0.714. The van der Waals surface area contributed by atoms with Crippen LogP contribution >= 0.6 is 0 Å². The third kappa shape index (κ3) is 5.37. The number of nitrogens with zero attached hydrogens (tertiary/aromatic N) is 1. The minimum atomic E-state index is 0.845. The van der Waals surface area contributed by atoms with E-state index in [-0.39, 0.29) is 0 Å². The van der Waals surface area contributed by atoms with Gasteiger partial charge in [-0.1, -0.05) is 20.8 Å². The summed E-state index contributed by atoms with van der Waals surface area (Å²) in [4.78, 5) is 2.45. The van der Waals surface area contributed by atoms with Gasteiger partial charge in [-0.2, -0.15) is 0 Å². The van der Waals surface area contributed by atoms with Crippen LogP contribution in [-0.4, -0.2) is 31.1 Å². The molecule has 0 aliphatic carbocycles. The number of hydrogen-bond acceptors (Lipinski definition) is 3. The molecule has 0 unspecified atom stereocenters. The van der Waals surface area contributed by atoms with Crippen molar-refractivity contribution in [3.63, 3.8) is 0 Å². The summed E-state index contributed by atoms with van der Waals surface area (Å²) in [5.74, 6) is 2.12. The Kier molecular flexibility index (Phi) is 6.97. The Morgan fingerprint density at radius 2 is 1.82 bits per heavy atom. The lowest BCUT2D eigenvalue weighted by molar-refractivity contribution is 0.297. The molecule has 0 bridgehead atoms. The number of aryl methyl sites for hydroxylation is 1. The normalized spacial score (nSPS) is 11.3. The predicted molar refractivity (Wildman–Crippen MR) is 72.2 cm³/mol. The summed E-state index contributed by atoms with van der Waals surface area (Å²) in [5, 5.41) is 3.42. The Morgan fingerprint density at radius 1 is 1.12 bits per heavy atom. The molecule has 3 nitrogen and oxygen atoms in total. The second kappa shape index (κ2) is 8.31. The predicted octanol–water partition coefficient (Wildman–Crippen LogP) is 2.66. The van der Waals surface area contributed by atoms with Crippen LogP contribution in [0.25, 0.3) is 0 Å². The molecule has 0 spiro atoms. The topological polar surface area (TPSA) is 28.4 Å². The monoisotopic (exact) mass is 238 g/mol. The lowest BCUT2D eigenvalue weighted by Crippen LogP contribution is -2.27. The zero-order valence-electron chi connectivity index (χ0n) is 11.5. The van der Waals surface area contributed by atoms with Gasteiger partial charge >= 0.3 is 0 Å². The van der Waals surface area contributed by atoms with E-state index in [1.54, 1.807) is 0 Å². The van der Waals surface area contributed by atoms with Crippen molar-refractivity contribution in [3.8, 4) is 0 Å². The molecule has 1 aromatic rings. The van der Waals surface area contributed by atoms with Crippen molar-refractivity contribution in [3.05, 3.63) is 23.7 Å². The van der Waals surface area contributed by atoms with Crippen molar-refractivity contribution in [2.24, 2.45) is 0 Å². The molecule has 1 heterocycles. The standard InChI is InChI=1S/C14H26N2O/c1-4-13-8-9-14(17-13)12-15-10-7-11-16(5-2)6-3/h8-9,15H,4-7,10-12H2,1-3H3. The molecule has 0 aliphatic heterocycles. The smallest absolute Gasteiger partial charge is 0.117 e. The van der Waals surface area contributed by atoms with E-state index in [2.05, 4.69) is 43.1 Å². The van der Waals surface area contributed by atoms with E-state index in [4.69, 9.17) is 4.42 Å². The van der Waals surface area contributed by atoms with Gasteiger partial charge in [0.25, 0.3) is 0 Å². The minimum Gasteiger partial charge on any atom is -0.465 e. The van der Waals surface area contributed by atoms with Crippen LogP contribution in [0.5, 0.6) is 0 Å². The first-order valence-electron chi connectivity index (χ1n) is 6.80. The molecule has 1 aromatic heterocycles. The molecular weight excluding hydrogens is 212 g/mol. The summed E-state index contributed by atoms with van der Waals surface area (Å²) in [7, 11) is 0. The summed E-state index contributed by atoms with van der Waals surface area (Å²) in [6.45, 7) is 11.9. The highest BCUT2D eigenvalue weighted by molar-refractivity contribution is 5.06. The molecule has 0 fully saturated rings. The first-order chi connectivity index (χ1) is 8.30. The summed E-state index contributed by atoms with van der Waals surface area (Å²) in [6, 6.07) is 4.13. The van der Waals surface area contributed by atoms with E-state index in [9.17, 15) is 0 Å². The van der Waals surface area contributed by atoms with E-state index >= 15 is 0 Å². The van der Waals surface area contributed by atoms with Crippen molar-refractivity contribution >= 4 is 0 Å². The van der Waals surface area contributed by atoms with Crippen LogP contribution in [0.2, 0.25) is 0 Å². The van der Waals surface area contributed by atoms with E-state index in [0.29, 0.717) is 0 Å². The quantitative estimate of drug-likeness (QED) is 0.670. The third-order valence-electron chi connectivity index (χ3n) is 3.09. The maximum atomic E-state index is 5.63. The number of hydrogen-bond donors (Lipinski definition) is 1. The van der Waals surface area contributed by atoms with Gasteiger partial charge in [0.15, 0.2) is 0 Å². The van der Waals surface area contributed by atoms with Gasteiger partial charge in [-0.3, -0.25) is 0 Å². The highest BCUT2D eigenvalue weighted by atomic mass is 16.3. The molecule has 0 amide bonds. The van der Waals surface area contributed by atoms with E-state index in [0.717, 1.165) is 44.1 Å². The average Bonchev–Trinajstić information content (AvgIpc) is 2.82. The fourth-order valence-electron chi connectivity index (χ4n) is 1.89. The molecule has 1 rings (SSSR count). The summed E-state index contributed by atoms with van der Waals surface area (Å²) >= 11 is 0. The summed E-state index contributed by atoms with van der Waals surface area (Å²) in [5.41, 5.74) is 0. The van der Waals surface area contributed by atoms with Crippen molar-refractivity contribution in [2.45, 2.75) is 40.2 Å². The first kappa shape index (κ1) is 14.3. The minimum absolute atomic E-state index is 0.845. The van der Waals surface area contributed by atoms with Crippen LogP contribution in [0.15, 0.2) is 16.5 Å². The third-order valence-corrected chi connectivity index (χ3v) is 3.09. The number of nitrogens with one attached hydrogen (secondary N) is 1. The van der Waals surface area contributed by atoms with Gasteiger partial charge in [-0.15, -0.1) is 0 Å². The van der Waals surface area contributed by atoms with Crippen molar-refractivity contribution in [1.82, 2.24) is 10.2 Å². The summed E-state index contributed by atoms with van der Waals surface area (Å²) < 4.78 is 5.63. The lowest BCUT2D eigenvalue weighted by Gasteiger charge is -2.17. The van der Waals surface area contributed by atoms with Crippen LogP contribution in [0.4, 0.5) is 0 Å². The largest absolute Gasteiger partial charge is 0.465 e. The van der Waals surface area contributed by atoms with Crippen molar-refractivity contribution < 1.29 is 4.42 Å². The van der Waals surface area contributed by atoms with E-state index in [1.165, 1.54) is 13.0 Å². The van der Waals surface area contributed by atoms with Gasteiger partial charge in [0, 0.05) is 6.42 Å². The molecule has 0 atom stereocenters. The SMILES string of the molecule is CCc1ccc(CNCCCN(CC)CC)o1. The second-order valence-electron chi connectivity index (χ2n) is 4.28. The summed E-state index contributed by atoms with van der Waals surface area (Å²) in [6.07, 6.45) is 2.17. The number of furan rings is 1. The molecular formula is C14H26N2O. The van der Waals surface area contributed by atoms with Crippen molar-refractivity contribution in [2.75, 3.05) is 26.2 Å². The zero-order chi connectivity index (χ0) is 12.5. The molecule has 98 valence electrons.